The summed E-state index contributed by atoms with van der Waals surface area (Å²) in [4.78, 5) is 15.2. The Morgan fingerprint density at radius 2 is 1.17 bits per heavy atom. The summed E-state index contributed by atoms with van der Waals surface area (Å²) in [6, 6.07) is 33.6. The Morgan fingerprint density at radius 1 is 0.621 bits per heavy atom. The Kier molecular flexibility index (Phi) is 4.72. The minimum absolute atomic E-state index is 0.787. The lowest BCUT2D eigenvalue weighted by Gasteiger charge is -2.25. The zero-order chi connectivity index (χ0) is 19.6. The van der Waals surface area contributed by atoms with Crippen molar-refractivity contribution in [2.24, 2.45) is 0 Å². The van der Waals surface area contributed by atoms with Crippen LogP contribution in [0.25, 0.3) is 19.8 Å². The summed E-state index contributed by atoms with van der Waals surface area (Å²) in [7, 11) is 0. The topological polar surface area (TPSA) is 20.3 Å². The van der Waals surface area contributed by atoms with Crippen LogP contribution in [-0.2, 0) is 0 Å². The van der Waals surface area contributed by atoms with E-state index < -0.39 is 0 Å². The third kappa shape index (κ3) is 3.48. The molecule has 0 N–H and O–H groups in total. The fraction of sp³-hybridized carbons (Fsp3) is 0. The molecule has 5 aromatic rings. The van der Waals surface area contributed by atoms with Crippen molar-refractivity contribution in [3.8, 4) is 10.4 Å². The first-order valence-corrected chi connectivity index (χ1v) is 10.9. The van der Waals surface area contributed by atoms with E-state index in [1.54, 1.807) is 22.7 Å². The van der Waals surface area contributed by atoms with Gasteiger partial charge in [0.05, 0.1) is 4.88 Å². The van der Waals surface area contributed by atoms with Crippen molar-refractivity contribution in [3.05, 3.63) is 102 Å². The molecule has 0 aliphatic rings. The number of aldehydes is 1. The summed E-state index contributed by atoms with van der Waals surface area (Å²) in [6.07, 6.45) is 0.924. The Labute approximate surface area is 177 Å². The maximum Gasteiger partial charge on any atom is 0.160 e. The van der Waals surface area contributed by atoms with Crippen LogP contribution >= 0.6 is 22.7 Å². The monoisotopic (exact) mass is 411 g/mol. The summed E-state index contributed by atoms with van der Waals surface area (Å²) < 4.78 is 2.35. The second kappa shape index (κ2) is 7.66. The highest BCUT2D eigenvalue weighted by molar-refractivity contribution is 7.30. The number of carbonyl (C=O) groups excluding carboxylic acids is 1. The fourth-order valence-electron chi connectivity index (χ4n) is 3.43. The summed E-state index contributed by atoms with van der Waals surface area (Å²) in [6.45, 7) is 0. The lowest BCUT2D eigenvalue weighted by molar-refractivity contribution is 0.112. The van der Waals surface area contributed by atoms with Gasteiger partial charge in [-0.3, -0.25) is 4.79 Å². The third-order valence-corrected chi connectivity index (χ3v) is 7.05. The zero-order valence-electron chi connectivity index (χ0n) is 15.5. The van der Waals surface area contributed by atoms with Crippen LogP contribution in [0.1, 0.15) is 9.67 Å². The van der Waals surface area contributed by atoms with Crippen molar-refractivity contribution in [2.45, 2.75) is 0 Å². The molecule has 0 unspecified atom stereocenters. The van der Waals surface area contributed by atoms with E-state index in [0.29, 0.717) is 0 Å². The number of benzene rings is 3. The fourth-order valence-corrected chi connectivity index (χ4v) is 5.66. The normalized spacial score (nSPS) is 10.9. The van der Waals surface area contributed by atoms with Gasteiger partial charge in [0, 0.05) is 31.3 Å². The number of rotatable bonds is 5. The number of para-hydroxylation sites is 2. The van der Waals surface area contributed by atoms with E-state index in [-0.39, 0.29) is 0 Å². The number of hydrogen-bond acceptors (Lipinski definition) is 4. The van der Waals surface area contributed by atoms with Crippen LogP contribution in [0, 0.1) is 0 Å². The van der Waals surface area contributed by atoms with Crippen molar-refractivity contribution in [1.82, 2.24) is 0 Å². The number of hydrogen-bond donors (Lipinski definition) is 0. The molecule has 0 radical (unpaired) electrons. The van der Waals surface area contributed by atoms with Gasteiger partial charge < -0.3 is 4.90 Å². The summed E-state index contributed by atoms with van der Waals surface area (Å²) in [5.41, 5.74) is 4.57. The molecule has 2 aromatic heterocycles. The van der Waals surface area contributed by atoms with E-state index in [1.165, 1.54) is 19.8 Å². The quantitative estimate of drug-likeness (QED) is 0.274. The van der Waals surface area contributed by atoms with Crippen molar-refractivity contribution in [3.63, 3.8) is 0 Å². The maximum atomic E-state index is 11.0. The van der Waals surface area contributed by atoms with Gasteiger partial charge in [-0.25, -0.2) is 0 Å². The molecule has 0 saturated heterocycles. The number of anilines is 3. The zero-order valence-corrected chi connectivity index (χ0v) is 17.1. The van der Waals surface area contributed by atoms with Crippen molar-refractivity contribution < 1.29 is 4.79 Å². The lowest BCUT2D eigenvalue weighted by atomic mass is 10.1. The van der Waals surface area contributed by atoms with Crippen LogP contribution in [0.2, 0.25) is 0 Å². The number of fused-ring (bicyclic) bond motifs is 1. The Balaban J connectivity index is 1.52. The van der Waals surface area contributed by atoms with E-state index in [0.717, 1.165) is 28.2 Å². The van der Waals surface area contributed by atoms with Gasteiger partial charge in [0.15, 0.2) is 6.29 Å². The number of nitrogens with zero attached hydrogens (tertiary/aromatic N) is 1. The van der Waals surface area contributed by atoms with Crippen molar-refractivity contribution >= 4 is 55.4 Å². The molecule has 3 aromatic carbocycles. The standard InChI is InChI=1S/C25H17NOS2/c27-17-22-15-24-25(28-22)16-23(29-24)18-11-13-21(14-12-18)26(19-7-3-1-4-8-19)20-9-5-2-6-10-20/h1-17H. The van der Waals surface area contributed by atoms with Gasteiger partial charge in [-0.15, -0.1) is 22.7 Å². The van der Waals surface area contributed by atoms with Gasteiger partial charge in [-0.1, -0.05) is 48.5 Å². The predicted molar refractivity (Wildman–Crippen MR) is 125 cm³/mol. The van der Waals surface area contributed by atoms with Crippen LogP contribution < -0.4 is 4.90 Å². The minimum atomic E-state index is 0.787. The van der Waals surface area contributed by atoms with Crippen LogP contribution in [0.3, 0.4) is 0 Å². The van der Waals surface area contributed by atoms with E-state index in [9.17, 15) is 4.79 Å². The highest BCUT2D eigenvalue weighted by Crippen LogP contribution is 2.40. The van der Waals surface area contributed by atoms with Gasteiger partial charge >= 0.3 is 0 Å². The SMILES string of the molecule is O=Cc1cc2sc(-c3ccc(N(c4ccccc4)c4ccccc4)cc3)cc2s1. The second-order valence-corrected chi connectivity index (χ2v) is 8.86. The highest BCUT2D eigenvalue weighted by atomic mass is 32.1. The molecule has 0 aliphatic heterocycles. The molecular formula is C25H17NOS2. The average Bonchev–Trinajstić information content (AvgIpc) is 3.35. The Morgan fingerprint density at radius 3 is 1.72 bits per heavy atom. The molecule has 29 heavy (non-hydrogen) atoms. The smallest absolute Gasteiger partial charge is 0.160 e. The molecule has 140 valence electrons. The summed E-state index contributed by atoms with van der Waals surface area (Å²) >= 11 is 3.28. The lowest BCUT2D eigenvalue weighted by Crippen LogP contribution is -2.09. The van der Waals surface area contributed by atoms with Gasteiger partial charge in [0.2, 0.25) is 0 Å². The number of carbonyl (C=O) groups is 1. The van der Waals surface area contributed by atoms with Crippen LogP contribution in [0.5, 0.6) is 0 Å². The largest absolute Gasteiger partial charge is 0.311 e. The van der Waals surface area contributed by atoms with E-state index in [4.69, 9.17) is 0 Å². The summed E-state index contributed by atoms with van der Waals surface area (Å²) in [5.74, 6) is 0. The minimum Gasteiger partial charge on any atom is -0.311 e. The van der Waals surface area contributed by atoms with Gasteiger partial charge in [-0.2, -0.15) is 0 Å². The molecule has 0 bridgehead atoms. The highest BCUT2D eigenvalue weighted by Gasteiger charge is 2.13. The van der Waals surface area contributed by atoms with E-state index in [2.05, 4.69) is 83.8 Å². The number of thiophene rings is 2. The van der Waals surface area contributed by atoms with Gasteiger partial charge in [0.1, 0.15) is 0 Å². The predicted octanol–water partition coefficient (Wildman–Crippen LogP) is 7.91. The average molecular weight is 412 g/mol. The molecule has 0 saturated carbocycles. The Bertz CT molecular complexity index is 1180. The van der Waals surface area contributed by atoms with E-state index in [1.807, 2.05) is 18.2 Å². The first-order chi connectivity index (χ1) is 14.3. The van der Waals surface area contributed by atoms with E-state index >= 15 is 0 Å². The van der Waals surface area contributed by atoms with Crippen molar-refractivity contribution in [2.75, 3.05) is 4.90 Å². The molecule has 0 amide bonds. The molecule has 0 spiro atoms. The first kappa shape index (κ1) is 17.9. The molecule has 0 aliphatic carbocycles. The van der Waals surface area contributed by atoms with Gasteiger partial charge in [-0.05, 0) is 54.1 Å². The van der Waals surface area contributed by atoms with Crippen LogP contribution in [0.4, 0.5) is 17.1 Å². The van der Waals surface area contributed by atoms with Crippen LogP contribution in [-0.4, -0.2) is 6.29 Å². The molecule has 2 nitrogen and oxygen atoms in total. The third-order valence-electron chi connectivity index (χ3n) is 4.78. The second-order valence-electron chi connectivity index (χ2n) is 6.66. The van der Waals surface area contributed by atoms with Crippen LogP contribution in [0.15, 0.2) is 97.1 Å². The molecule has 5 rings (SSSR count). The van der Waals surface area contributed by atoms with Crippen molar-refractivity contribution in [1.29, 1.82) is 0 Å². The molecule has 0 fully saturated rings. The Hall–Kier alpha value is -3.21. The summed E-state index contributed by atoms with van der Waals surface area (Å²) in [5, 5.41) is 0. The molecule has 2 heterocycles. The molecule has 4 heteroatoms. The van der Waals surface area contributed by atoms with Gasteiger partial charge in [0.25, 0.3) is 0 Å². The molecule has 0 atom stereocenters. The molecular weight excluding hydrogens is 394 g/mol. The maximum absolute atomic E-state index is 11.0. The first-order valence-electron chi connectivity index (χ1n) is 9.31.